The van der Waals surface area contributed by atoms with E-state index in [4.69, 9.17) is 5.11 Å². The SMILES string of the molecule is CNCCCN(C)C(=O)C1CC=CCC1C(=O)O. The summed E-state index contributed by atoms with van der Waals surface area (Å²) in [6.45, 7) is 1.51. The van der Waals surface area contributed by atoms with Crippen LogP contribution in [0.1, 0.15) is 19.3 Å². The Hall–Kier alpha value is -1.36. The molecule has 1 aliphatic rings. The van der Waals surface area contributed by atoms with Crippen LogP contribution in [0.5, 0.6) is 0 Å². The average molecular weight is 254 g/mol. The molecule has 0 radical (unpaired) electrons. The largest absolute Gasteiger partial charge is 0.481 e. The average Bonchev–Trinajstić information content (AvgIpc) is 2.38. The van der Waals surface area contributed by atoms with Crippen molar-refractivity contribution in [2.75, 3.05) is 27.2 Å². The molecule has 0 saturated heterocycles. The van der Waals surface area contributed by atoms with E-state index in [0.717, 1.165) is 13.0 Å². The Labute approximate surface area is 108 Å². The third kappa shape index (κ3) is 3.84. The third-order valence-corrected chi connectivity index (χ3v) is 3.36. The molecule has 2 atom stereocenters. The first-order valence-electron chi connectivity index (χ1n) is 6.35. The first-order valence-corrected chi connectivity index (χ1v) is 6.35. The zero-order valence-corrected chi connectivity index (χ0v) is 11.1. The van der Waals surface area contributed by atoms with Gasteiger partial charge in [0.05, 0.1) is 11.8 Å². The van der Waals surface area contributed by atoms with Crippen molar-refractivity contribution in [2.45, 2.75) is 19.3 Å². The van der Waals surface area contributed by atoms with Gasteiger partial charge >= 0.3 is 5.97 Å². The lowest BCUT2D eigenvalue weighted by Gasteiger charge is -2.28. The minimum Gasteiger partial charge on any atom is -0.481 e. The molecule has 0 saturated carbocycles. The summed E-state index contributed by atoms with van der Waals surface area (Å²) >= 11 is 0. The van der Waals surface area contributed by atoms with E-state index in [-0.39, 0.29) is 5.91 Å². The van der Waals surface area contributed by atoms with Crippen LogP contribution in [0.15, 0.2) is 12.2 Å². The zero-order chi connectivity index (χ0) is 13.5. The number of amides is 1. The summed E-state index contributed by atoms with van der Waals surface area (Å²) in [5.41, 5.74) is 0. The molecule has 0 aromatic carbocycles. The van der Waals surface area contributed by atoms with Crippen LogP contribution in [0, 0.1) is 11.8 Å². The summed E-state index contributed by atoms with van der Waals surface area (Å²) in [6, 6.07) is 0. The topological polar surface area (TPSA) is 69.6 Å². The van der Waals surface area contributed by atoms with Crippen molar-refractivity contribution >= 4 is 11.9 Å². The van der Waals surface area contributed by atoms with Gasteiger partial charge in [-0.3, -0.25) is 9.59 Å². The van der Waals surface area contributed by atoms with Gasteiger partial charge in [0.25, 0.3) is 0 Å². The predicted octanol–water partition coefficient (Wildman–Crippen LogP) is 0.721. The zero-order valence-electron chi connectivity index (χ0n) is 11.1. The number of allylic oxidation sites excluding steroid dienone is 2. The van der Waals surface area contributed by atoms with E-state index in [9.17, 15) is 9.59 Å². The fourth-order valence-corrected chi connectivity index (χ4v) is 2.25. The molecule has 0 spiro atoms. The number of carboxylic acids is 1. The summed E-state index contributed by atoms with van der Waals surface area (Å²) < 4.78 is 0. The standard InChI is InChI=1S/C13H22N2O3/c1-14-8-5-9-15(2)12(16)10-6-3-4-7-11(10)13(17)18/h3-4,10-11,14H,5-9H2,1-2H3,(H,17,18). The molecule has 1 amide bonds. The molecule has 18 heavy (non-hydrogen) atoms. The Balaban J connectivity index is 2.57. The van der Waals surface area contributed by atoms with Crippen molar-refractivity contribution in [2.24, 2.45) is 11.8 Å². The van der Waals surface area contributed by atoms with Gasteiger partial charge in [0, 0.05) is 13.6 Å². The normalized spacial score (nSPS) is 22.8. The minimum atomic E-state index is -0.874. The van der Waals surface area contributed by atoms with E-state index in [1.165, 1.54) is 0 Å². The number of aliphatic carboxylic acids is 1. The number of carbonyl (C=O) groups excluding carboxylic acids is 1. The lowest BCUT2D eigenvalue weighted by Crippen LogP contribution is -2.40. The maximum Gasteiger partial charge on any atom is 0.307 e. The number of nitrogens with zero attached hydrogens (tertiary/aromatic N) is 1. The Morgan fingerprint density at radius 2 is 1.94 bits per heavy atom. The molecule has 1 aliphatic carbocycles. The molecule has 0 fully saturated rings. The first-order chi connectivity index (χ1) is 8.57. The Morgan fingerprint density at radius 1 is 1.33 bits per heavy atom. The second-order valence-corrected chi connectivity index (χ2v) is 4.71. The van der Waals surface area contributed by atoms with Gasteiger partial charge in [-0.2, -0.15) is 0 Å². The van der Waals surface area contributed by atoms with Gasteiger partial charge in [-0.1, -0.05) is 12.2 Å². The minimum absolute atomic E-state index is 0.0529. The summed E-state index contributed by atoms with van der Waals surface area (Å²) in [5.74, 6) is -1.91. The Bertz CT molecular complexity index is 328. The van der Waals surface area contributed by atoms with Crippen LogP contribution in [0.25, 0.3) is 0 Å². The van der Waals surface area contributed by atoms with Gasteiger partial charge < -0.3 is 15.3 Å². The predicted molar refractivity (Wildman–Crippen MR) is 69.2 cm³/mol. The van der Waals surface area contributed by atoms with Gasteiger partial charge in [-0.15, -0.1) is 0 Å². The number of nitrogens with one attached hydrogen (secondary N) is 1. The van der Waals surface area contributed by atoms with Gasteiger partial charge in [-0.25, -0.2) is 0 Å². The van der Waals surface area contributed by atoms with Crippen LogP contribution in [-0.4, -0.2) is 49.1 Å². The second kappa shape index (κ2) is 7.16. The number of carbonyl (C=O) groups is 2. The molecule has 5 heteroatoms. The monoisotopic (exact) mass is 254 g/mol. The van der Waals surface area contributed by atoms with Crippen molar-refractivity contribution in [3.63, 3.8) is 0 Å². The lowest BCUT2D eigenvalue weighted by molar-refractivity contribution is -0.150. The fourth-order valence-electron chi connectivity index (χ4n) is 2.25. The van der Waals surface area contributed by atoms with Gasteiger partial charge in [0.1, 0.15) is 0 Å². The van der Waals surface area contributed by atoms with Gasteiger partial charge in [0.15, 0.2) is 0 Å². The van der Waals surface area contributed by atoms with E-state index in [1.807, 2.05) is 19.2 Å². The molecule has 1 rings (SSSR count). The number of carboxylic acid groups (broad SMARTS) is 1. The second-order valence-electron chi connectivity index (χ2n) is 4.71. The molecule has 2 unspecified atom stereocenters. The quantitative estimate of drug-likeness (QED) is 0.541. The highest BCUT2D eigenvalue weighted by Crippen LogP contribution is 2.27. The molecule has 0 bridgehead atoms. The molecule has 102 valence electrons. The number of hydrogen-bond acceptors (Lipinski definition) is 3. The van der Waals surface area contributed by atoms with E-state index in [2.05, 4.69) is 5.32 Å². The van der Waals surface area contributed by atoms with E-state index < -0.39 is 17.8 Å². The van der Waals surface area contributed by atoms with Crippen molar-refractivity contribution in [1.82, 2.24) is 10.2 Å². The van der Waals surface area contributed by atoms with Crippen LogP contribution in [-0.2, 0) is 9.59 Å². The van der Waals surface area contributed by atoms with Gasteiger partial charge in [0.2, 0.25) is 5.91 Å². The third-order valence-electron chi connectivity index (χ3n) is 3.36. The van der Waals surface area contributed by atoms with Crippen LogP contribution in [0.4, 0.5) is 0 Å². The Morgan fingerprint density at radius 3 is 2.50 bits per heavy atom. The van der Waals surface area contributed by atoms with Crippen molar-refractivity contribution in [3.05, 3.63) is 12.2 Å². The molecule has 0 heterocycles. The van der Waals surface area contributed by atoms with Crippen molar-refractivity contribution < 1.29 is 14.7 Å². The highest BCUT2D eigenvalue weighted by Gasteiger charge is 2.35. The Kier molecular flexibility index (Phi) is 5.85. The van der Waals surface area contributed by atoms with Gasteiger partial charge in [-0.05, 0) is 32.9 Å². The molecular formula is C13H22N2O3. The number of hydrogen-bond donors (Lipinski definition) is 2. The molecule has 2 N–H and O–H groups in total. The fraction of sp³-hybridized carbons (Fsp3) is 0.692. The summed E-state index contributed by atoms with van der Waals surface area (Å²) in [5, 5.41) is 12.2. The first kappa shape index (κ1) is 14.7. The molecule has 0 aromatic heterocycles. The lowest BCUT2D eigenvalue weighted by atomic mass is 9.82. The van der Waals surface area contributed by atoms with Crippen LogP contribution >= 0.6 is 0 Å². The van der Waals surface area contributed by atoms with Crippen molar-refractivity contribution in [3.8, 4) is 0 Å². The summed E-state index contributed by atoms with van der Waals surface area (Å²) in [7, 11) is 3.61. The van der Waals surface area contributed by atoms with Crippen LogP contribution in [0.3, 0.4) is 0 Å². The molecule has 0 aliphatic heterocycles. The molecule has 5 nitrogen and oxygen atoms in total. The van der Waals surface area contributed by atoms with E-state index in [0.29, 0.717) is 19.4 Å². The van der Waals surface area contributed by atoms with Crippen LogP contribution < -0.4 is 5.32 Å². The van der Waals surface area contributed by atoms with E-state index in [1.54, 1.807) is 11.9 Å². The smallest absolute Gasteiger partial charge is 0.307 e. The summed E-state index contributed by atoms with van der Waals surface area (Å²) in [6.07, 6.45) is 5.62. The molecular weight excluding hydrogens is 232 g/mol. The van der Waals surface area contributed by atoms with E-state index >= 15 is 0 Å². The highest BCUT2D eigenvalue weighted by atomic mass is 16.4. The van der Waals surface area contributed by atoms with Crippen molar-refractivity contribution in [1.29, 1.82) is 0 Å². The van der Waals surface area contributed by atoms with Crippen LogP contribution in [0.2, 0.25) is 0 Å². The summed E-state index contributed by atoms with van der Waals surface area (Å²) in [4.78, 5) is 25.0. The molecule has 0 aromatic rings. The number of rotatable bonds is 6. The maximum absolute atomic E-state index is 12.2. The highest BCUT2D eigenvalue weighted by molar-refractivity contribution is 5.85. The maximum atomic E-state index is 12.2.